The van der Waals surface area contributed by atoms with Gasteiger partial charge >= 0.3 is 0 Å². The molecule has 1 aromatic carbocycles. The van der Waals surface area contributed by atoms with E-state index < -0.39 is 0 Å². The van der Waals surface area contributed by atoms with Gasteiger partial charge in [-0.3, -0.25) is 0 Å². The average Bonchev–Trinajstić information content (AvgIpc) is 2.29. The predicted octanol–water partition coefficient (Wildman–Crippen LogP) is 3.52. The lowest BCUT2D eigenvalue weighted by molar-refractivity contribution is 1.17. The Labute approximate surface area is 97.7 Å². The zero-order chi connectivity index (χ0) is 10.7. The van der Waals surface area contributed by atoms with Gasteiger partial charge < -0.3 is 0 Å². The van der Waals surface area contributed by atoms with Crippen LogP contribution in [0.5, 0.6) is 0 Å². The molecule has 0 spiro atoms. The number of benzene rings is 1. The van der Waals surface area contributed by atoms with Crippen molar-refractivity contribution in [3.8, 4) is 11.3 Å². The second-order valence-electron chi connectivity index (χ2n) is 2.94. The van der Waals surface area contributed by atoms with Gasteiger partial charge in [-0.25, -0.2) is 9.97 Å². The molecule has 0 saturated carbocycles. The minimum absolute atomic E-state index is 0.279. The molecule has 0 atom stereocenters. The summed E-state index contributed by atoms with van der Waals surface area (Å²) in [5.41, 5.74) is 1.90. The van der Waals surface area contributed by atoms with Crippen molar-refractivity contribution in [2.75, 3.05) is 6.26 Å². The number of halogens is 1. The molecule has 2 rings (SSSR count). The van der Waals surface area contributed by atoms with Crippen molar-refractivity contribution >= 4 is 23.4 Å². The molecule has 0 amide bonds. The van der Waals surface area contributed by atoms with Crippen molar-refractivity contribution in [1.29, 1.82) is 0 Å². The van der Waals surface area contributed by atoms with Crippen LogP contribution < -0.4 is 0 Å². The fourth-order valence-corrected chi connectivity index (χ4v) is 1.81. The lowest BCUT2D eigenvalue weighted by Gasteiger charge is -2.01. The fraction of sp³-hybridized carbons (Fsp3) is 0.0909. The lowest BCUT2D eigenvalue weighted by Crippen LogP contribution is -1.86. The monoisotopic (exact) mass is 236 g/mol. The Balaban J connectivity index is 2.37. The topological polar surface area (TPSA) is 25.8 Å². The van der Waals surface area contributed by atoms with Crippen molar-refractivity contribution in [3.05, 3.63) is 41.8 Å². The molecule has 0 aliphatic carbocycles. The Morgan fingerprint density at radius 3 is 2.47 bits per heavy atom. The first-order valence-electron chi connectivity index (χ1n) is 4.42. The largest absolute Gasteiger partial charge is 0.226 e. The van der Waals surface area contributed by atoms with Gasteiger partial charge in [0.1, 0.15) is 0 Å². The van der Waals surface area contributed by atoms with E-state index >= 15 is 0 Å². The molecule has 0 N–H and O–H groups in total. The van der Waals surface area contributed by atoms with E-state index in [1.165, 1.54) is 4.90 Å². The van der Waals surface area contributed by atoms with Crippen LogP contribution in [0.2, 0.25) is 5.28 Å². The summed E-state index contributed by atoms with van der Waals surface area (Å²) in [6.07, 6.45) is 3.71. The van der Waals surface area contributed by atoms with Gasteiger partial charge in [0.2, 0.25) is 5.28 Å². The molecule has 0 bridgehead atoms. The molecule has 0 aliphatic rings. The van der Waals surface area contributed by atoms with E-state index in [1.807, 2.05) is 18.2 Å². The van der Waals surface area contributed by atoms with Gasteiger partial charge in [0.25, 0.3) is 0 Å². The maximum absolute atomic E-state index is 5.73. The number of rotatable bonds is 2. The van der Waals surface area contributed by atoms with Crippen LogP contribution in [-0.2, 0) is 0 Å². The summed E-state index contributed by atoms with van der Waals surface area (Å²) < 4.78 is 0. The van der Waals surface area contributed by atoms with Crippen LogP contribution in [0, 0.1) is 0 Å². The Hall–Kier alpha value is -1.06. The van der Waals surface area contributed by atoms with Crippen molar-refractivity contribution in [2.24, 2.45) is 0 Å². The number of hydrogen-bond acceptors (Lipinski definition) is 3. The summed E-state index contributed by atoms with van der Waals surface area (Å²) in [6.45, 7) is 0. The molecule has 2 aromatic rings. The Kier molecular flexibility index (Phi) is 3.23. The molecule has 0 radical (unpaired) electrons. The first-order chi connectivity index (χ1) is 7.29. The zero-order valence-corrected chi connectivity index (χ0v) is 9.72. The van der Waals surface area contributed by atoms with Gasteiger partial charge in [0, 0.05) is 16.7 Å². The third-order valence-electron chi connectivity index (χ3n) is 2.01. The molecule has 0 saturated heterocycles. The van der Waals surface area contributed by atoms with E-state index in [9.17, 15) is 0 Å². The molecule has 0 aliphatic heterocycles. The maximum atomic E-state index is 5.73. The summed E-state index contributed by atoms with van der Waals surface area (Å²) in [4.78, 5) is 9.23. The average molecular weight is 237 g/mol. The van der Waals surface area contributed by atoms with E-state index in [4.69, 9.17) is 11.6 Å². The van der Waals surface area contributed by atoms with Gasteiger partial charge in [-0.05, 0) is 36.1 Å². The van der Waals surface area contributed by atoms with Crippen LogP contribution in [0.25, 0.3) is 11.3 Å². The summed E-state index contributed by atoms with van der Waals surface area (Å²) in [6, 6.07) is 10.0. The third-order valence-corrected chi connectivity index (χ3v) is 2.94. The summed E-state index contributed by atoms with van der Waals surface area (Å²) in [5.74, 6) is 0. The van der Waals surface area contributed by atoms with Crippen LogP contribution in [0.1, 0.15) is 0 Å². The van der Waals surface area contributed by atoms with Crippen LogP contribution in [0.3, 0.4) is 0 Å². The van der Waals surface area contributed by atoms with E-state index in [0.717, 1.165) is 11.3 Å². The zero-order valence-electron chi connectivity index (χ0n) is 8.14. The van der Waals surface area contributed by atoms with Crippen molar-refractivity contribution in [2.45, 2.75) is 4.90 Å². The second-order valence-corrected chi connectivity index (χ2v) is 4.16. The lowest BCUT2D eigenvalue weighted by atomic mass is 10.1. The van der Waals surface area contributed by atoms with Gasteiger partial charge in [-0.2, -0.15) is 0 Å². The fourth-order valence-electron chi connectivity index (χ4n) is 1.26. The highest BCUT2D eigenvalue weighted by molar-refractivity contribution is 7.98. The van der Waals surface area contributed by atoms with Crippen LogP contribution >= 0.6 is 23.4 Å². The molecule has 15 heavy (non-hydrogen) atoms. The van der Waals surface area contributed by atoms with Crippen molar-refractivity contribution in [3.63, 3.8) is 0 Å². The SMILES string of the molecule is CSc1ccc(-c2ccnc(Cl)n2)cc1. The number of hydrogen-bond donors (Lipinski definition) is 0. The smallest absolute Gasteiger partial charge is 0.222 e. The minimum Gasteiger partial charge on any atom is -0.226 e. The van der Waals surface area contributed by atoms with Gasteiger partial charge in [-0.15, -0.1) is 11.8 Å². The Bertz CT molecular complexity index is 456. The maximum Gasteiger partial charge on any atom is 0.222 e. The summed E-state index contributed by atoms with van der Waals surface area (Å²) in [7, 11) is 0. The van der Waals surface area contributed by atoms with Gasteiger partial charge in [0.15, 0.2) is 0 Å². The standard InChI is InChI=1S/C11H9ClN2S/c1-15-9-4-2-8(3-5-9)10-6-7-13-11(12)14-10/h2-7H,1H3. The first-order valence-corrected chi connectivity index (χ1v) is 6.03. The molecule has 0 fully saturated rings. The highest BCUT2D eigenvalue weighted by atomic mass is 35.5. The number of aromatic nitrogens is 2. The summed E-state index contributed by atoms with van der Waals surface area (Å²) in [5, 5.41) is 0.279. The molecule has 1 heterocycles. The normalized spacial score (nSPS) is 10.3. The van der Waals surface area contributed by atoms with Gasteiger partial charge in [-0.1, -0.05) is 12.1 Å². The molecular formula is C11H9ClN2S. The molecule has 2 nitrogen and oxygen atoms in total. The number of nitrogens with zero attached hydrogens (tertiary/aromatic N) is 2. The van der Waals surface area contributed by atoms with E-state index in [-0.39, 0.29) is 5.28 Å². The highest BCUT2D eigenvalue weighted by Gasteiger charge is 2.00. The number of thioether (sulfide) groups is 1. The molecular weight excluding hydrogens is 228 g/mol. The van der Waals surface area contributed by atoms with Crippen LogP contribution in [-0.4, -0.2) is 16.2 Å². The first kappa shape index (κ1) is 10.5. The minimum atomic E-state index is 0.279. The molecule has 1 aromatic heterocycles. The van der Waals surface area contributed by atoms with Crippen molar-refractivity contribution < 1.29 is 0 Å². The highest BCUT2D eigenvalue weighted by Crippen LogP contribution is 2.21. The molecule has 0 unspecified atom stereocenters. The quantitative estimate of drug-likeness (QED) is 0.590. The van der Waals surface area contributed by atoms with Gasteiger partial charge in [0.05, 0.1) is 5.69 Å². The van der Waals surface area contributed by atoms with E-state index in [1.54, 1.807) is 18.0 Å². The Morgan fingerprint density at radius 1 is 1.13 bits per heavy atom. The van der Waals surface area contributed by atoms with Crippen LogP contribution in [0.15, 0.2) is 41.4 Å². The third kappa shape index (κ3) is 2.49. The van der Waals surface area contributed by atoms with Crippen molar-refractivity contribution in [1.82, 2.24) is 9.97 Å². The van der Waals surface area contributed by atoms with E-state index in [0.29, 0.717) is 0 Å². The molecule has 76 valence electrons. The molecule has 4 heteroatoms. The summed E-state index contributed by atoms with van der Waals surface area (Å²) >= 11 is 7.44. The van der Waals surface area contributed by atoms with Crippen LogP contribution in [0.4, 0.5) is 0 Å². The second kappa shape index (κ2) is 4.64. The predicted molar refractivity (Wildman–Crippen MR) is 64.3 cm³/mol. The Morgan fingerprint density at radius 2 is 1.87 bits per heavy atom. The van der Waals surface area contributed by atoms with E-state index in [2.05, 4.69) is 28.4 Å².